The number of aliphatic hydroxyl groups excluding tert-OH is 1. The lowest BCUT2D eigenvalue weighted by Gasteiger charge is -2.17. The van der Waals surface area contributed by atoms with Crippen LogP contribution in [0.4, 0.5) is 5.82 Å². The van der Waals surface area contributed by atoms with E-state index in [-0.39, 0.29) is 6.04 Å². The van der Waals surface area contributed by atoms with Crippen molar-refractivity contribution in [2.24, 2.45) is 0 Å². The van der Waals surface area contributed by atoms with E-state index >= 15 is 0 Å². The van der Waals surface area contributed by atoms with Gasteiger partial charge >= 0.3 is 0 Å². The number of anilines is 1. The summed E-state index contributed by atoms with van der Waals surface area (Å²) in [6.45, 7) is 3.66. The third-order valence-electron chi connectivity index (χ3n) is 3.18. The molecule has 0 saturated carbocycles. The first kappa shape index (κ1) is 16.1. The van der Waals surface area contributed by atoms with Crippen molar-refractivity contribution in [3.63, 3.8) is 0 Å². The number of hydrogen-bond donors (Lipinski definition) is 2. The van der Waals surface area contributed by atoms with E-state index in [0.29, 0.717) is 16.5 Å². The molecular weight excluding hydrogens is 306 g/mol. The summed E-state index contributed by atoms with van der Waals surface area (Å²) in [6, 6.07) is 8.37. The number of rotatable bonds is 5. The van der Waals surface area contributed by atoms with Crippen molar-refractivity contribution in [3.8, 4) is 0 Å². The van der Waals surface area contributed by atoms with Gasteiger partial charge in [-0.3, -0.25) is 0 Å². The van der Waals surface area contributed by atoms with E-state index in [9.17, 15) is 5.11 Å². The highest BCUT2D eigenvalue weighted by Gasteiger charge is 2.15. The number of hydrogen-bond acceptors (Lipinski definition) is 5. The van der Waals surface area contributed by atoms with Crippen LogP contribution in [0.2, 0.25) is 5.02 Å². The van der Waals surface area contributed by atoms with E-state index in [4.69, 9.17) is 11.6 Å². The molecule has 112 valence electrons. The Kier molecular flexibility index (Phi) is 5.45. The number of nitrogens with one attached hydrogen (secondary N) is 1. The molecule has 0 aliphatic carbocycles. The number of aromatic nitrogens is 2. The van der Waals surface area contributed by atoms with Gasteiger partial charge in [-0.05, 0) is 37.8 Å². The second kappa shape index (κ2) is 7.11. The molecule has 1 heterocycles. The van der Waals surface area contributed by atoms with Crippen LogP contribution in [0.15, 0.2) is 35.5 Å². The van der Waals surface area contributed by atoms with Crippen LogP contribution < -0.4 is 5.32 Å². The summed E-state index contributed by atoms with van der Waals surface area (Å²) in [5.41, 5.74) is 1.57. The molecule has 0 saturated heterocycles. The molecule has 2 atom stereocenters. The Labute approximate surface area is 134 Å². The van der Waals surface area contributed by atoms with Gasteiger partial charge in [-0.25, -0.2) is 9.97 Å². The number of nitrogens with zero attached hydrogens (tertiary/aromatic N) is 2. The van der Waals surface area contributed by atoms with Crippen LogP contribution in [-0.2, 0) is 0 Å². The third-order valence-corrected chi connectivity index (χ3v) is 4.30. The van der Waals surface area contributed by atoms with Gasteiger partial charge in [0.05, 0.1) is 11.8 Å². The zero-order valence-electron chi connectivity index (χ0n) is 12.2. The Morgan fingerprint density at radius 1 is 1.19 bits per heavy atom. The molecule has 4 nitrogen and oxygen atoms in total. The number of aliphatic hydroxyl groups is 1. The molecule has 21 heavy (non-hydrogen) atoms. The van der Waals surface area contributed by atoms with E-state index < -0.39 is 6.10 Å². The smallest absolute Gasteiger partial charge is 0.149 e. The van der Waals surface area contributed by atoms with Crippen molar-refractivity contribution in [3.05, 3.63) is 46.9 Å². The topological polar surface area (TPSA) is 58.0 Å². The SMILES string of the molecule is CSc1ccc(C(C)Nc2ncnc(C(C)O)c2Cl)cc1. The first-order valence-electron chi connectivity index (χ1n) is 6.62. The van der Waals surface area contributed by atoms with E-state index in [2.05, 4.69) is 45.8 Å². The molecule has 0 aliphatic heterocycles. The van der Waals surface area contributed by atoms with Crippen molar-refractivity contribution in [2.75, 3.05) is 11.6 Å². The Bertz CT molecular complexity index is 604. The molecule has 0 amide bonds. The summed E-state index contributed by atoms with van der Waals surface area (Å²) in [5.74, 6) is 0.531. The van der Waals surface area contributed by atoms with Gasteiger partial charge in [0.25, 0.3) is 0 Å². The summed E-state index contributed by atoms with van der Waals surface area (Å²) in [7, 11) is 0. The fourth-order valence-corrected chi connectivity index (χ4v) is 2.67. The van der Waals surface area contributed by atoms with Gasteiger partial charge in [-0.2, -0.15) is 0 Å². The maximum atomic E-state index is 9.63. The Hall–Kier alpha value is -1.30. The molecule has 0 radical (unpaired) electrons. The molecule has 1 aromatic heterocycles. The Balaban J connectivity index is 2.19. The predicted molar refractivity (Wildman–Crippen MR) is 87.9 cm³/mol. The first-order valence-corrected chi connectivity index (χ1v) is 8.22. The average molecular weight is 324 g/mol. The maximum absolute atomic E-state index is 9.63. The molecule has 0 bridgehead atoms. The van der Waals surface area contributed by atoms with Gasteiger partial charge in [0.1, 0.15) is 17.2 Å². The average Bonchev–Trinajstić information content (AvgIpc) is 2.49. The zero-order chi connectivity index (χ0) is 15.4. The second-order valence-corrected chi connectivity index (χ2v) is 5.99. The van der Waals surface area contributed by atoms with Crippen molar-refractivity contribution in [2.45, 2.75) is 30.9 Å². The van der Waals surface area contributed by atoms with Crippen LogP contribution in [0.3, 0.4) is 0 Å². The van der Waals surface area contributed by atoms with Crippen LogP contribution in [0.5, 0.6) is 0 Å². The fraction of sp³-hybridized carbons (Fsp3) is 0.333. The molecule has 2 rings (SSSR count). The lowest BCUT2D eigenvalue weighted by molar-refractivity contribution is 0.194. The van der Waals surface area contributed by atoms with Gasteiger partial charge in [-0.1, -0.05) is 23.7 Å². The summed E-state index contributed by atoms with van der Waals surface area (Å²) < 4.78 is 0. The van der Waals surface area contributed by atoms with Crippen molar-refractivity contribution in [1.82, 2.24) is 9.97 Å². The quantitative estimate of drug-likeness (QED) is 0.812. The second-order valence-electron chi connectivity index (χ2n) is 4.74. The van der Waals surface area contributed by atoms with Crippen LogP contribution in [-0.4, -0.2) is 21.3 Å². The molecule has 2 N–H and O–H groups in total. The highest BCUT2D eigenvalue weighted by molar-refractivity contribution is 7.98. The monoisotopic (exact) mass is 323 g/mol. The summed E-state index contributed by atoms with van der Waals surface area (Å²) >= 11 is 7.94. The minimum absolute atomic E-state index is 0.0511. The van der Waals surface area contributed by atoms with Gasteiger partial charge in [0.2, 0.25) is 0 Å². The largest absolute Gasteiger partial charge is 0.387 e. The Morgan fingerprint density at radius 2 is 1.86 bits per heavy atom. The number of halogens is 1. The molecule has 0 spiro atoms. The van der Waals surface area contributed by atoms with Crippen molar-refractivity contribution in [1.29, 1.82) is 0 Å². The minimum atomic E-state index is -0.725. The van der Waals surface area contributed by atoms with E-state index in [1.807, 2.05) is 6.92 Å². The minimum Gasteiger partial charge on any atom is -0.387 e. The number of thioether (sulfide) groups is 1. The van der Waals surface area contributed by atoms with E-state index in [1.165, 1.54) is 11.2 Å². The van der Waals surface area contributed by atoms with E-state index in [1.54, 1.807) is 18.7 Å². The third kappa shape index (κ3) is 3.87. The highest BCUT2D eigenvalue weighted by atomic mass is 35.5. The van der Waals surface area contributed by atoms with Crippen LogP contribution >= 0.6 is 23.4 Å². The van der Waals surface area contributed by atoms with Gasteiger partial charge in [0.15, 0.2) is 0 Å². The lowest BCUT2D eigenvalue weighted by atomic mass is 10.1. The van der Waals surface area contributed by atoms with E-state index in [0.717, 1.165) is 5.56 Å². The number of benzene rings is 1. The molecule has 0 fully saturated rings. The summed E-state index contributed by atoms with van der Waals surface area (Å²) in [6.07, 6.45) is 2.73. The normalized spacial score (nSPS) is 13.8. The molecule has 6 heteroatoms. The van der Waals surface area contributed by atoms with Gasteiger partial charge in [0, 0.05) is 10.9 Å². The Morgan fingerprint density at radius 3 is 2.43 bits per heavy atom. The van der Waals surface area contributed by atoms with Crippen LogP contribution in [0, 0.1) is 0 Å². The van der Waals surface area contributed by atoms with Crippen molar-refractivity contribution >= 4 is 29.2 Å². The zero-order valence-corrected chi connectivity index (χ0v) is 13.7. The lowest BCUT2D eigenvalue weighted by Crippen LogP contribution is -2.10. The molecular formula is C15H18ClN3OS. The van der Waals surface area contributed by atoms with Crippen LogP contribution in [0.1, 0.15) is 37.3 Å². The molecule has 0 aliphatic rings. The standard InChI is InChI=1S/C15H18ClN3OS/c1-9(11-4-6-12(21-3)7-5-11)19-15-13(16)14(10(2)20)17-8-18-15/h4-10,20H,1-3H3,(H,17,18,19). The molecule has 2 aromatic rings. The van der Waals surface area contributed by atoms with Crippen LogP contribution in [0.25, 0.3) is 0 Å². The maximum Gasteiger partial charge on any atom is 0.149 e. The summed E-state index contributed by atoms with van der Waals surface area (Å²) in [4.78, 5) is 9.38. The van der Waals surface area contributed by atoms with Gasteiger partial charge in [-0.15, -0.1) is 11.8 Å². The van der Waals surface area contributed by atoms with Gasteiger partial charge < -0.3 is 10.4 Å². The first-order chi connectivity index (χ1) is 10.0. The fourth-order valence-electron chi connectivity index (χ4n) is 1.96. The molecule has 2 unspecified atom stereocenters. The highest BCUT2D eigenvalue weighted by Crippen LogP contribution is 2.29. The molecule has 1 aromatic carbocycles. The summed E-state index contributed by atoms with van der Waals surface area (Å²) in [5, 5.41) is 13.3. The van der Waals surface area contributed by atoms with Crippen molar-refractivity contribution < 1.29 is 5.11 Å². The predicted octanol–water partition coefficient (Wildman–Crippen LogP) is 4.08.